The fourth-order valence-corrected chi connectivity index (χ4v) is 5.40. The molecule has 1 atom stereocenters. The van der Waals surface area contributed by atoms with Crippen LogP contribution in [-0.2, 0) is 17.6 Å². The number of methoxy groups -OCH3 is 1. The van der Waals surface area contributed by atoms with Crippen LogP contribution in [0.3, 0.4) is 0 Å². The molecule has 4 rings (SSSR count). The molecule has 2 aliphatic rings. The van der Waals surface area contributed by atoms with E-state index >= 15 is 0 Å². The van der Waals surface area contributed by atoms with Gasteiger partial charge in [0.2, 0.25) is 0 Å². The van der Waals surface area contributed by atoms with Crippen LogP contribution in [0.1, 0.15) is 58.3 Å². The van der Waals surface area contributed by atoms with Crippen LogP contribution in [0.4, 0.5) is 5.00 Å². The maximum Gasteiger partial charge on any atom is 0.341 e. The van der Waals surface area contributed by atoms with Gasteiger partial charge < -0.3 is 19.5 Å². The van der Waals surface area contributed by atoms with Crippen LogP contribution in [0.5, 0.6) is 11.5 Å². The lowest BCUT2D eigenvalue weighted by atomic mass is 9.72. The Labute approximate surface area is 180 Å². The number of thiophene rings is 1. The molecule has 2 aromatic rings. The molecular formula is C23H27NO5S. The molecule has 1 aliphatic heterocycles. The van der Waals surface area contributed by atoms with Crippen LogP contribution in [-0.4, -0.2) is 32.2 Å². The minimum absolute atomic E-state index is 0.196. The zero-order valence-electron chi connectivity index (χ0n) is 17.8. The lowest BCUT2D eigenvalue weighted by Crippen LogP contribution is -2.26. The van der Waals surface area contributed by atoms with Crippen molar-refractivity contribution in [3.05, 3.63) is 39.8 Å². The summed E-state index contributed by atoms with van der Waals surface area (Å²) >= 11 is 1.49. The first-order valence-electron chi connectivity index (χ1n) is 10.2. The van der Waals surface area contributed by atoms with Gasteiger partial charge in [-0.1, -0.05) is 20.8 Å². The maximum atomic E-state index is 12.9. The smallest absolute Gasteiger partial charge is 0.341 e. The number of benzene rings is 1. The van der Waals surface area contributed by atoms with Gasteiger partial charge in [0, 0.05) is 10.4 Å². The van der Waals surface area contributed by atoms with E-state index in [1.54, 1.807) is 18.2 Å². The number of carbonyl (C=O) groups is 2. The average Bonchev–Trinajstić information content (AvgIpc) is 3.09. The van der Waals surface area contributed by atoms with Crippen molar-refractivity contribution in [3.8, 4) is 11.5 Å². The molecule has 160 valence electrons. The first kappa shape index (κ1) is 20.7. The summed E-state index contributed by atoms with van der Waals surface area (Å²) in [5, 5.41) is 3.50. The Morgan fingerprint density at radius 3 is 2.60 bits per heavy atom. The third-order valence-corrected chi connectivity index (χ3v) is 7.08. The summed E-state index contributed by atoms with van der Waals surface area (Å²) < 4.78 is 16.1. The zero-order chi connectivity index (χ0) is 21.5. The van der Waals surface area contributed by atoms with Crippen LogP contribution in [0.25, 0.3) is 0 Å². The first-order chi connectivity index (χ1) is 14.3. The number of rotatable bonds is 3. The van der Waals surface area contributed by atoms with Gasteiger partial charge in [-0.05, 0) is 54.4 Å². The van der Waals surface area contributed by atoms with E-state index in [4.69, 9.17) is 14.2 Å². The normalized spacial score (nSPS) is 17.8. The summed E-state index contributed by atoms with van der Waals surface area (Å²) in [6.45, 7) is 7.71. The molecule has 0 saturated carbocycles. The van der Waals surface area contributed by atoms with Crippen LogP contribution in [0, 0.1) is 11.3 Å². The van der Waals surface area contributed by atoms with Gasteiger partial charge in [0.15, 0.2) is 11.5 Å². The summed E-state index contributed by atoms with van der Waals surface area (Å²) in [7, 11) is 1.37. The van der Waals surface area contributed by atoms with E-state index in [1.165, 1.54) is 23.3 Å². The van der Waals surface area contributed by atoms with Crippen molar-refractivity contribution in [2.45, 2.75) is 40.0 Å². The van der Waals surface area contributed by atoms with Gasteiger partial charge in [-0.15, -0.1) is 11.3 Å². The Bertz CT molecular complexity index is 988. The summed E-state index contributed by atoms with van der Waals surface area (Å²) in [4.78, 5) is 26.7. The van der Waals surface area contributed by atoms with E-state index in [-0.39, 0.29) is 11.3 Å². The molecule has 1 aromatic carbocycles. The average molecular weight is 430 g/mol. The number of carbonyl (C=O) groups excluding carboxylic acids is 2. The highest BCUT2D eigenvalue weighted by Crippen LogP contribution is 2.44. The SMILES string of the molecule is COC(=O)c1c(NC(=O)c2ccc3c(c2)OCCO3)sc2c1CCC(C(C)(C)C)C2. The van der Waals surface area contributed by atoms with Crippen LogP contribution < -0.4 is 14.8 Å². The van der Waals surface area contributed by atoms with E-state index < -0.39 is 5.97 Å². The summed E-state index contributed by atoms with van der Waals surface area (Å²) in [6.07, 6.45) is 2.75. The largest absolute Gasteiger partial charge is 0.486 e. The molecule has 0 spiro atoms. The Kier molecular flexibility index (Phi) is 5.49. The molecule has 0 fully saturated rings. The highest BCUT2D eigenvalue weighted by Gasteiger charge is 2.34. The van der Waals surface area contributed by atoms with Crippen molar-refractivity contribution in [1.82, 2.24) is 0 Å². The third kappa shape index (κ3) is 3.90. The highest BCUT2D eigenvalue weighted by atomic mass is 32.1. The first-order valence-corrected chi connectivity index (χ1v) is 11.0. The predicted octanol–water partition coefficient (Wildman–Crippen LogP) is 4.71. The van der Waals surface area contributed by atoms with Crippen molar-refractivity contribution in [2.75, 3.05) is 25.6 Å². The van der Waals surface area contributed by atoms with Gasteiger partial charge in [-0.25, -0.2) is 4.79 Å². The highest BCUT2D eigenvalue weighted by molar-refractivity contribution is 7.17. The fraction of sp³-hybridized carbons (Fsp3) is 0.478. The number of amides is 1. The minimum Gasteiger partial charge on any atom is -0.486 e. The second-order valence-corrected chi connectivity index (χ2v) is 9.92. The Morgan fingerprint density at radius 2 is 1.90 bits per heavy atom. The molecule has 0 radical (unpaired) electrons. The number of hydrogen-bond acceptors (Lipinski definition) is 6. The van der Waals surface area contributed by atoms with E-state index in [0.29, 0.717) is 46.8 Å². The van der Waals surface area contributed by atoms with E-state index in [0.717, 1.165) is 24.8 Å². The lowest BCUT2D eigenvalue weighted by Gasteiger charge is -2.33. The molecule has 30 heavy (non-hydrogen) atoms. The molecule has 7 heteroatoms. The number of ether oxygens (including phenoxy) is 3. The molecule has 1 amide bonds. The minimum atomic E-state index is -0.404. The number of hydrogen-bond donors (Lipinski definition) is 1. The second kappa shape index (κ2) is 7.95. The van der Waals surface area contributed by atoms with E-state index in [2.05, 4.69) is 26.1 Å². The lowest BCUT2D eigenvalue weighted by molar-refractivity contribution is 0.0600. The number of anilines is 1. The Hall–Kier alpha value is -2.54. The van der Waals surface area contributed by atoms with Crippen LogP contribution >= 0.6 is 11.3 Å². The van der Waals surface area contributed by atoms with Crippen LogP contribution in [0.2, 0.25) is 0 Å². The maximum absolute atomic E-state index is 12.9. The monoisotopic (exact) mass is 429 g/mol. The van der Waals surface area contributed by atoms with Crippen molar-refractivity contribution in [3.63, 3.8) is 0 Å². The summed E-state index contributed by atoms with van der Waals surface area (Å²) in [5.74, 6) is 1.03. The Morgan fingerprint density at radius 1 is 1.17 bits per heavy atom. The molecule has 2 heterocycles. The predicted molar refractivity (Wildman–Crippen MR) is 116 cm³/mol. The van der Waals surface area contributed by atoms with E-state index in [9.17, 15) is 9.59 Å². The zero-order valence-corrected chi connectivity index (χ0v) is 18.6. The van der Waals surface area contributed by atoms with Gasteiger partial charge in [0.1, 0.15) is 18.2 Å². The molecule has 0 saturated heterocycles. The van der Waals surface area contributed by atoms with E-state index in [1.807, 2.05) is 0 Å². The third-order valence-electron chi connectivity index (χ3n) is 5.91. The molecule has 1 aromatic heterocycles. The molecule has 0 bridgehead atoms. The summed E-state index contributed by atoms with van der Waals surface area (Å²) in [6, 6.07) is 5.10. The molecule has 1 aliphatic carbocycles. The van der Waals surface area contributed by atoms with Crippen LogP contribution in [0.15, 0.2) is 18.2 Å². The van der Waals surface area contributed by atoms with Crippen molar-refractivity contribution in [2.24, 2.45) is 11.3 Å². The number of esters is 1. The van der Waals surface area contributed by atoms with Gasteiger partial charge in [-0.3, -0.25) is 4.79 Å². The quantitative estimate of drug-likeness (QED) is 0.716. The summed E-state index contributed by atoms with van der Waals surface area (Å²) in [5.41, 5.74) is 2.16. The Balaban J connectivity index is 1.63. The van der Waals surface area contributed by atoms with Gasteiger partial charge >= 0.3 is 5.97 Å². The second-order valence-electron chi connectivity index (χ2n) is 8.82. The number of nitrogens with one attached hydrogen (secondary N) is 1. The molecule has 1 unspecified atom stereocenters. The van der Waals surface area contributed by atoms with Gasteiger partial charge in [0.25, 0.3) is 5.91 Å². The van der Waals surface area contributed by atoms with Gasteiger partial charge in [-0.2, -0.15) is 0 Å². The topological polar surface area (TPSA) is 73.9 Å². The molecule has 1 N–H and O–H groups in total. The van der Waals surface area contributed by atoms with Gasteiger partial charge in [0.05, 0.1) is 12.7 Å². The molecular weight excluding hydrogens is 402 g/mol. The van der Waals surface area contributed by atoms with Crippen molar-refractivity contribution in [1.29, 1.82) is 0 Å². The fourth-order valence-electron chi connectivity index (χ4n) is 4.09. The molecule has 6 nitrogen and oxygen atoms in total. The van der Waals surface area contributed by atoms with Crippen molar-refractivity contribution >= 4 is 28.2 Å². The number of fused-ring (bicyclic) bond motifs is 2. The standard InChI is InChI=1S/C23H27NO5S/c1-23(2,3)14-6-7-15-18(12-14)30-21(19(15)22(26)27-4)24-20(25)13-5-8-16-17(11-13)29-10-9-28-16/h5,8,11,14H,6-7,9-10,12H2,1-4H3,(H,24,25). The van der Waals surface area contributed by atoms with Crippen molar-refractivity contribution < 1.29 is 23.8 Å².